The van der Waals surface area contributed by atoms with Crippen molar-refractivity contribution in [3.05, 3.63) is 126 Å². The molecule has 6 rings (SSSR count). The molecule has 0 spiro atoms. The van der Waals surface area contributed by atoms with Crippen LogP contribution in [0.15, 0.2) is 115 Å². The number of halogens is 2. The minimum Gasteiger partial charge on any atom is -1.00 e. The standard InChI is InChI=1S/2C17H15.C2H6Si.2ClH.Zr/c2*1-12-9-13(2)17(10-12)16-8-7-14-5-3-4-6-15(14)11-16;1-3-2;;;/h2*3-8,10-12H,1-2H3;1-2H3;2*1H;/q;;;;;+2/p-2. The zero-order valence-corrected chi connectivity index (χ0v) is 29.1. The molecular weight excluding hydrogens is 623 g/mol. The zero-order valence-electron chi connectivity index (χ0n) is 24.1. The Hall–Kier alpha value is -1.96. The summed E-state index contributed by atoms with van der Waals surface area (Å²) < 4.78 is 3.70. The van der Waals surface area contributed by atoms with Crippen LogP contribution in [0.3, 0.4) is 0 Å². The molecule has 0 aliphatic heterocycles. The fourth-order valence-electron chi connectivity index (χ4n) is 6.74. The van der Waals surface area contributed by atoms with E-state index < -0.39 is 25.8 Å². The molecule has 2 aliphatic rings. The predicted molar refractivity (Wildman–Crippen MR) is 165 cm³/mol. The van der Waals surface area contributed by atoms with Crippen molar-refractivity contribution in [1.29, 1.82) is 0 Å². The Morgan fingerprint density at radius 3 is 1.30 bits per heavy atom. The van der Waals surface area contributed by atoms with Crippen LogP contribution >= 0.6 is 0 Å². The number of hydrogen-bond acceptors (Lipinski definition) is 0. The molecule has 0 radical (unpaired) electrons. The number of hydrogen-bond donors (Lipinski definition) is 0. The molecule has 2 atom stereocenters. The summed E-state index contributed by atoms with van der Waals surface area (Å²) in [5.74, 6) is 1.09. The van der Waals surface area contributed by atoms with Gasteiger partial charge in [0.25, 0.3) is 0 Å². The molecule has 40 heavy (non-hydrogen) atoms. The molecule has 2 aliphatic carbocycles. The van der Waals surface area contributed by atoms with E-state index in [4.69, 9.17) is 0 Å². The van der Waals surface area contributed by atoms with E-state index in [-0.39, 0.29) is 24.8 Å². The first-order chi connectivity index (χ1) is 18.3. The third kappa shape index (κ3) is 5.46. The number of benzene rings is 4. The van der Waals surface area contributed by atoms with Crippen molar-refractivity contribution in [2.24, 2.45) is 11.8 Å². The second-order valence-corrected chi connectivity index (χ2v) is 28.1. The topological polar surface area (TPSA) is 0 Å². The maximum Gasteiger partial charge on any atom is -1.00 e. The van der Waals surface area contributed by atoms with Gasteiger partial charge in [0.15, 0.2) is 0 Å². The van der Waals surface area contributed by atoms with Gasteiger partial charge in [-0.3, -0.25) is 0 Å². The second-order valence-electron chi connectivity index (χ2n) is 11.3. The summed E-state index contributed by atoms with van der Waals surface area (Å²) in [5.41, 5.74) is 8.45. The van der Waals surface area contributed by atoms with Crippen molar-refractivity contribution >= 4 is 38.1 Å². The van der Waals surface area contributed by atoms with Crippen molar-refractivity contribution in [2.45, 2.75) is 40.8 Å². The average molecular weight is 659 g/mol. The monoisotopic (exact) mass is 656 g/mol. The summed E-state index contributed by atoms with van der Waals surface area (Å²) >= 11 is -2.08. The molecular formula is C36H36Cl2SiZr. The normalized spacial score (nSPS) is 18.2. The molecule has 4 aromatic rings. The summed E-state index contributed by atoms with van der Waals surface area (Å²) in [6, 6.07) is 31.5. The molecule has 202 valence electrons. The first-order valence-corrected chi connectivity index (χ1v) is 22.5. The van der Waals surface area contributed by atoms with E-state index in [1.54, 1.807) is 11.1 Å². The van der Waals surface area contributed by atoms with Gasteiger partial charge in [0, 0.05) is 0 Å². The van der Waals surface area contributed by atoms with Crippen LogP contribution in [0, 0.1) is 11.8 Å². The molecule has 0 N–H and O–H groups in total. The molecule has 0 nitrogen and oxygen atoms in total. The van der Waals surface area contributed by atoms with E-state index in [1.165, 1.54) is 43.8 Å². The van der Waals surface area contributed by atoms with E-state index in [2.05, 4.69) is 138 Å². The number of rotatable bonds is 4. The first-order valence-electron chi connectivity index (χ1n) is 13.9. The van der Waals surface area contributed by atoms with Crippen LogP contribution in [-0.4, -0.2) is 5.43 Å². The van der Waals surface area contributed by atoms with Gasteiger partial charge < -0.3 is 24.8 Å². The van der Waals surface area contributed by atoms with Gasteiger partial charge in [0.1, 0.15) is 0 Å². The van der Waals surface area contributed by atoms with E-state index >= 15 is 0 Å². The average Bonchev–Trinajstić information content (AvgIpc) is 3.38. The predicted octanol–water partition coefficient (Wildman–Crippen LogP) is 4.18. The maximum atomic E-state index is 2.60. The maximum absolute atomic E-state index is 2.60. The van der Waals surface area contributed by atoms with Gasteiger partial charge in [-0.15, -0.1) is 0 Å². The number of allylic oxidation sites excluding steroid dienone is 8. The van der Waals surface area contributed by atoms with Crippen LogP contribution in [0.4, 0.5) is 0 Å². The fraction of sp³-hybridized carbons (Fsp3) is 0.222. The van der Waals surface area contributed by atoms with Crippen LogP contribution in [-0.2, 0) is 20.4 Å². The van der Waals surface area contributed by atoms with Gasteiger partial charge in [0.2, 0.25) is 0 Å². The van der Waals surface area contributed by atoms with Gasteiger partial charge >= 0.3 is 237 Å². The van der Waals surface area contributed by atoms with E-state index in [0.29, 0.717) is 11.8 Å². The van der Waals surface area contributed by atoms with Crippen LogP contribution < -0.4 is 24.8 Å². The third-order valence-corrected chi connectivity index (χ3v) is 26.8. The molecule has 0 saturated heterocycles. The minimum absolute atomic E-state index is 0. The molecule has 0 aromatic heterocycles. The van der Waals surface area contributed by atoms with Crippen LogP contribution in [0.5, 0.6) is 0 Å². The molecule has 4 aromatic carbocycles. The largest absolute Gasteiger partial charge is 1.00 e. The Morgan fingerprint density at radius 1 is 0.550 bits per heavy atom. The Kier molecular flexibility index (Phi) is 9.68. The summed E-state index contributed by atoms with van der Waals surface area (Å²) in [4.78, 5) is 0. The molecule has 0 saturated carbocycles. The Labute approximate surface area is 260 Å². The van der Waals surface area contributed by atoms with Crippen LogP contribution in [0.25, 0.3) is 32.7 Å². The molecule has 0 amide bonds. The van der Waals surface area contributed by atoms with Crippen molar-refractivity contribution in [3.63, 3.8) is 0 Å². The van der Waals surface area contributed by atoms with Crippen molar-refractivity contribution in [3.8, 4) is 0 Å². The molecule has 0 fully saturated rings. The van der Waals surface area contributed by atoms with Crippen LogP contribution in [0.2, 0.25) is 13.1 Å². The van der Waals surface area contributed by atoms with Crippen molar-refractivity contribution in [2.75, 3.05) is 0 Å². The van der Waals surface area contributed by atoms with Gasteiger partial charge in [0.05, 0.1) is 0 Å². The SMILES string of the molecule is CC1=[C]([Zr+2]([C]2=C(C)C(c3ccc4ccccc4c3)=CC2C)=[Si](C)C)C(C)C=C1c1ccc2ccccc2c1.[Cl-].[Cl-]. The fourth-order valence-corrected chi connectivity index (χ4v) is 26.5. The quantitative estimate of drug-likeness (QED) is 0.289. The summed E-state index contributed by atoms with van der Waals surface area (Å²) in [7, 11) is 0. The van der Waals surface area contributed by atoms with Crippen molar-refractivity contribution in [1.82, 2.24) is 0 Å². The number of fused-ring (bicyclic) bond motifs is 2. The van der Waals surface area contributed by atoms with E-state index in [0.717, 1.165) is 0 Å². The van der Waals surface area contributed by atoms with Gasteiger partial charge in [-0.2, -0.15) is 0 Å². The van der Waals surface area contributed by atoms with Crippen molar-refractivity contribution < 1.29 is 45.2 Å². The van der Waals surface area contributed by atoms with Gasteiger partial charge in [-0.05, 0) is 0 Å². The second kappa shape index (κ2) is 12.5. The third-order valence-electron chi connectivity index (χ3n) is 8.52. The molecule has 0 heterocycles. The summed E-state index contributed by atoms with van der Waals surface area (Å²) in [6.07, 6.45) is 5.15. The van der Waals surface area contributed by atoms with E-state index in [1.807, 2.05) is 6.56 Å². The smallest absolute Gasteiger partial charge is 1.00 e. The van der Waals surface area contributed by atoms with Gasteiger partial charge in [-0.25, -0.2) is 0 Å². The Balaban J connectivity index is 0.00000185. The first kappa shape index (κ1) is 31.0. The Morgan fingerprint density at radius 2 is 0.925 bits per heavy atom. The zero-order chi connectivity index (χ0) is 26.6. The van der Waals surface area contributed by atoms with E-state index in [9.17, 15) is 0 Å². The minimum atomic E-state index is -2.08. The molecule has 2 unspecified atom stereocenters. The van der Waals surface area contributed by atoms with Crippen LogP contribution in [0.1, 0.15) is 38.8 Å². The summed E-state index contributed by atoms with van der Waals surface area (Å²) in [6.45, 7) is 15.0. The Bertz CT molecular complexity index is 1660. The molecule has 4 heteroatoms. The van der Waals surface area contributed by atoms with Gasteiger partial charge in [-0.1, -0.05) is 0 Å². The molecule has 0 bridgehead atoms. The summed E-state index contributed by atoms with van der Waals surface area (Å²) in [5, 5.41) is 5.31.